The molecule has 0 aromatic rings. The molecule has 1 nitrogen and oxygen atoms in total. The number of hydrogen-bond acceptors (Lipinski definition) is 1. The Hall–Kier alpha value is -0.0400. The Morgan fingerprint density at radius 1 is 1.18 bits per heavy atom. The van der Waals surface area contributed by atoms with Crippen LogP contribution in [0, 0.1) is 17.8 Å². The van der Waals surface area contributed by atoms with Gasteiger partial charge in [0.15, 0.2) is 0 Å². The third kappa shape index (κ3) is 2.86. The summed E-state index contributed by atoms with van der Waals surface area (Å²) < 4.78 is 0. The van der Waals surface area contributed by atoms with Crippen LogP contribution in [0.5, 0.6) is 0 Å². The van der Waals surface area contributed by atoms with E-state index in [4.69, 9.17) is 0 Å². The lowest BCUT2D eigenvalue weighted by atomic mass is 9.64. The van der Waals surface area contributed by atoms with Crippen LogP contribution >= 0.6 is 0 Å². The molecular formula is C16H31N. The molecule has 3 unspecified atom stereocenters. The van der Waals surface area contributed by atoms with E-state index in [1.54, 1.807) is 0 Å². The van der Waals surface area contributed by atoms with Crippen LogP contribution in [-0.2, 0) is 0 Å². The Morgan fingerprint density at radius 2 is 1.94 bits per heavy atom. The van der Waals surface area contributed by atoms with Gasteiger partial charge in [0.2, 0.25) is 0 Å². The van der Waals surface area contributed by atoms with Crippen molar-refractivity contribution in [3.8, 4) is 0 Å². The molecule has 100 valence electrons. The SMILES string of the molecule is CCC1CCCCC1C1(CC(C)C)CCCN1. The van der Waals surface area contributed by atoms with Gasteiger partial charge in [0.1, 0.15) is 0 Å². The molecule has 3 atom stereocenters. The van der Waals surface area contributed by atoms with Crippen molar-refractivity contribution in [1.82, 2.24) is 5.32 Å². The van der Waals surface area contributed by atoms with E-state index in [-0.39, 0.29) is 0 Å². The lowest BCUT2D eigenvalue weighted by Gasteiger charge is -2.46. The predicted molar refractivity (Wildman–Crippen MR) is 75.2 cm³/mol. The fourth-order valence-corrected chi connectivity index (χ4v) is 4.62. The molecular weight excluding hydrogens is 206 g/mol. The summed E-state index contributed by atoms with van der Waals surface area (Å²) in [6.07, 6.45) is 11.6. The lowest BCUT2D eigenvalue weighted by molar-refractivity contribution is 0.0929. The molecule has 0 amide bonds. The predicted octanol–water partition coefficient (Wildman–Crippen LogP) is 4.37. The van der Waals surface area contributed by atoms with Gasteiger partial charge in [0.05, 0.1) is 0 Å². The molecule has 1 aliphatic heterocycles. The van der Waals surface area contributed by atoms with Crippen molar-refractivity contribution >= 4 is 0 Å². The molecule has 0 bridgehead atoms. The maximum atomic E-state index is 3.94. The van der Waals surface area contributed by atoms with Gasteiger partial charge in [-0.25, -0.2) is 0 Å². The molecule has 1 aliphatic carbocycles. The molecule has 0 aromatic carbocycles. The zero-order valence-corrected chi connectivity index (χ0v) is 12.1. The van der Waals surface area contributed by atoms with E-state index in [0.29, 0.717) is 5.54 Å². The molecule has 1 heterocycles. The first-order chi connectivity index (χ1) is 8.18. The average molecular weight is 237 g/mol. The first kappa shape index (κ1) is 13.4. The summed E-state index contributed by atoms with van der Waals surface area (Å²) in [6, 6.07) is 0. The van der Waals surface area contributed by atoms with E-state index in [9.17, 15) is 0 Å². The summed E-state index contributed by atoms with van der Waals surface area (Å²) in [4.78, 5) is 0. The van der Waals surface area contributed by atoms with Crippen LogP contribution in [0.2, 0.25) is 0 Å². The Morgan fingerprint density at radius 3 is 2.53 bits per heavy atom. The van der Waals surface area contributed by atoms with Gasteiger partial charge in [-0.2, -0.15) is 0 Å². The van der Waals surface area contributed by atoms with Gasteiger partial charge in [-0.05, 0) is 50.0 Å². The van der Waals surface area contributed by atoms with Crippen LogP contribution < -0.4 is 5.32 Å². The number of nitrogens with one attached hydrogen (secondary N) is 1. The molecule has 2 rings (SSSR count). The van der Waals surface area contributed by atoms with Crippen LogP contribution in [-0.4, -0.2) is 12.1 Å². The second-order valence-electron chi connectivity index (χ2n) is 6.84. The van der Waals surface area contributed by atoms with Crippen molar-refractivity contribution in [2.75, 3.05) is 6.54 Å². The summed E-state index contributed by atoms with van der Waals surface area (Å²) >= 11 is 0. The highest BCUT2D eigenvalue weighted by atomic mass is 15.0. The summed E-state index contributed by atoms with van der Waals surface area (Å²) in [6.45, 7) is 8.46. The Balaban J connectivity index is 2.13. The van der Waals surface area contributed by atoms with E-state index in [0.717, 1.165) is 17.8 Å². The number of hydrogen-bond donors (Lipinski definition) is 1. The van der Waals surface area contributed by atoms with Gasteiger partial charge in [-0.1, -0.05) is 46.5 Å². The molecule has 1 N–H and O–H groups in total. The first-order valence-electron chi connectivity index (χ1n) is 7.93. The molecule has 1 saturated carbocycles. The minimum Gasteiger partial charge on any atom is -0.311 e. The molecule has 1 saturated heterocycles. The van der Waals surface area contributed by atoms with Crippen molar-refractivity contribution in [3.63, 3.8) is 0 Å². The van der Waals surface area contributed by atoms with Crippen LogP contribution in [0.15, 0.2) is 0 Å². The third-order valence-corrected chi connectivity index (χ3v) is 5.19. The Labute approximate surface area is 108 Å². The van der Waals surface area contributed by atoms with Gasteiger partial charge in [0, 0.05) is 5.54 Å². The Bertz CT molecular complexity index is 228. The third-order valence-electron chi connectivity index (χ3n) is 5.19. The molecule has 2 fully saturated rings. The van der Waals surface area contributed by atoms with Crippen LogP contribution in [0.4, 0.5) is 0 Å². The zero-order chi connectivity index (χ0) is 12.3. The van der Waals surface area contributed by atoms with E-state index >= 15 is 0 Å². The lowest BCUT2D eigenvalue weighted by Crippen LogP contribution is -2.51. The quantitative estimate of drug-likeness (QED) is 0.765. The van der Waals surface area contributed by atoms with Gasteiger partial charge < -0.3 is 5.32 Å². The van der Waals surface area contributed by atoms with Gasteiger partial charge >= 0.3 is 0 Å². The van der Waals surface area contributed by atoms with Crippen LogP contribution in [0.25, 0.3) is 0 Å². The second-order valence-corrected chi connectivity index (χ2v) is 6.84. The summed E-state index contributed by atoms with van der Waals surface area (Å²) in [5.41, 5.74) is 0.509. The van der Waals surface area contributed by atoms with Gasteiger partial charge in [-0.3, -0.25) is 0 Å². The van der Waals surface area contributed by atoms with E-state index in [1.807, 2.05) is 0 Å². The maximum Gasteiger partial charge on any atom is 0.0215 e. The maximum absolute atomic E-state index is 3.94. The molecule has 1 heteroatoms. The van der Waals surface area contributed by atoms with E-state index in [2.05, 4.69) is 26.1 Å². The summed E-state index contributed by atoms with van der Waals surface area (Å²) in [7, 11) is 0. The highest BCUT2D eigenvalue weighted by molar-refractivity contribution is 5.01. The van der Waals surface area contributed by atoms with E-state index in [1.165, 1.54) is 57.9 Å². The molecule has 17 heavy (non-hydrogen) atoms. The smallest absolute Gasteiger partial charge is 0.0215 e. The van der Waals surface area contributed by atoms with Gasteiger partial charge in [0.25, 0.3) is 0 Å². The molecule has 2 aliphatic rings. The largest absolute Gasteiger partial charge is 0.311 e. The van der Waals surface area contributed by atoms with E-state index < -0.39 is 0 Å². The van der Waals surface area contributed by atoms with Crippen molar-refractivity contribution in [2.45, 2.75) is 77.7 Å². The molecule has 0 aromatic heterocycles. The van der Waals surface area contributed by atoms with Crippen molar-refractivity contribution in [1.29, 1.82) is 0 Å². The highest BCUT2D eigenvalue weighted by Gasteiger charge is 2.44. The summed E-state index contributed by atoms with van der Waals surface area (Å²) in [5.74, 6) is 2.79. The van der Waals surface area contributed by atoms with Crippen LogP contribution in [0.1, 0.15) is 72.1 Å². The standard InChI is InChI=1S/C16H31N/c1-4-14-8-5-6-9-15(14)16(12-13(2)3)10-7-11-17-16/h13-15,17H,4-12H2,1-3H3. The van der Waals surface area contributed by atoms with Crippen molar-refractivity contribution in [2.24, 2.45) is 17.8 Å². The highest BCUT2D eigenvalue weighted by Crippen LogP contribution is 2.45. The molecule has 0 spiro atoms. The fraction of sp³-hybridized carbons (Fsp3) is 1.00. The topological polar surface area (TPSA) is 12.0 Å². The fourth-order valence-electron chi connectivity index (χ4n) is 4.62. The minimum atomic E-state index is 0.509. The average Bonchev–Trinajstić information content (AvgIpc) is 2.77. The van der Waals surface area contributed by atoms with Crippen molar-refractivity contribution < 1.29 is 0 Å². The van der Waals surface area contributed by atoms with Crippen molar-refractivity contribution in [3.05, 3.63) is 0 Å². The zero-order valence-electron chi connectivity index (χ0n) is 12.1. The van der Waals surface area contributed by atoms with Crippen LogP contribution in [0.3, 0.4) is 0 Å². The Kier molecular flexibility index (Phi) is 4.52. The summed E-state index contributed by atoms with van der Waals surface area (Å²) in [5, 5.41) is 3.94. The number of rotatable bonds is 4. The van der Waals surface area contributed by atoms with Gasteiger partial charge in [-0.15, -0.1) is 0 Å². The first-order valence-corrected chi connectivity index (χ1v) is 7.93. The monoisotopic (exact) mass is 237 g/mol. The normalized spacial score (nSPS) is 38.8. The second kappa shape index (κ2) is 5.73. The molecule has 0 radical (unpaired) electrons. The minimum absolute atomic E-state index is 0.509.